The molecule has 0 fully saturated rings. The van der Waals surface area contributed by atoms with E-state index >= 15 is 0 Å². The van der Waals surface area contributed by atoms with E-state index in [4.69, 9.17) is 10.8 Å². The number of nitrogens with one attached hydrogen (secondary N) is 1. The number of nitrogen functional groups attached to an aromatic ring is 1. The van der Waals surface area contributed by atoms with Gasteiger partial charge in [-0.2, -0.15) is 11.8 Å². The van der Waals surface area contributed by atoms with E-state index in [1.165, 1.54) is 23.9 Å². The lowest BCUT2D eigenvalue weighted by atomic mass is 10.3. The Kier molecular flexibility index (Phi) is 6.56. The monoisotopic (exact) mass is 308 g/mol. The first kappa shape index (κ1) is 16.2. The maximum absolute atomic E-state index is 13.5. The van der Waals surface area contributed by atoms with Crippen LogP contribution in [0.15, 0.2) is 23.1 Å². The Morgan fingerprint density at radius 1 is 1.37 bits per heavy atom. The van der Waals surface area contributed by atoms with Crippen LogP contribution >= 0.6 is 11.8 Å². The number of halogens is 1. The summed E-state index contributed by atoms with van der Waals surface area (Å²) in [4.78, 5) is -0.504. The molecule has 8 heteroatoms. The van der Waals surface area contributed by atoms with Crippen LogP contribution in [0.2, 0.25) is 0 Å². The second kappa shape index (κ2) is 7.68. The van der Waals surface area contributed by atoms with Gasteiger partial charge in [-0.25, -0.2) is 17.5 Å². The maximum Gasteiger partial charge on any atom is 0.245 e. The van der Waals surface area contributed by atoms with Crippen molar-refractivity contribution >= 4 is 27.5 Å². The van der Waals surface area contributed by atoms with Gasteiger partial charge in [-0.1, -0.05) is 6.07 Å². The highest BCUT2D eigenvalue weighted by Gasteiger charge is 2.21. The van der Waals surface area contributed by atoms with Crippen molar-refractivity contribution in [3.8, 4) is 0 Å². The van der Waals surface area contributed by atoms with E-state index in [-0.39, 0.29) is 18.8 Å². The van der Waals surface area contributed by atoms with Crippen molar-refractivity contribution in [2.45, 2.75) is 11.3 Å². The van der Waals surface area contributed by atoms with Crippen LogP contribution in [-0.2, 0) is 10.0 Å². The molecule has 0 bridgehead atoms. The first-order valence-corrected chi connectivity index (χ1v) is 8.35. The number of sulfonamides is 1. The molecule has 19 heavy (non-hydrogen) atoms. The molecule has 0 saturated heterocycles. The molecule has 1 aromatic rings. The Hall–Kier alpha value is -0.830. The number of thioether (sulfide) groups is 1. The zero-order valence-corrected chi connectivity index (χ0v) is 11.9. The quantitative estimate of drug-likeness (QED) is 0.488. The SMILES string of the molecule is Nc1cccc(F)c1S(=O)(=O)NCCSCCCO. The van der Waals surface area contributed by atoms with Crippen molar-refractivity contribution in [2.24, 2.45) is 0 Å². The van der Waals surface area contributed by atoms with Crippen molar-refractivity contribution in [2.75, 3.05) is 30.4 Å². The predicted octanol–water partition coefficient (Wildman–Crippen LogP) is 0.802. The van der Waals surface area contributed by atoms with Crippen molar-refractivity contribution in [1.82, 2.24) is 4.72 Å². The molecule has 4 N–H and O–H groups in total. The molecule has 1 rings (SSSR count). The number of aliphatic hydroxyl groups excluding tert-OH is 1. The second-order valence-electron chi connectivity index (χ2n) is 3.75. The number of rotatable bonds is 8. The zero-order chi connectivity index (χ0) is 14.3. The van der Waals surface area contributed by atoms with Crippen molar-refractivity contribution < 1.29 is 17.9 Å². The summed E-state index contributed by atoms with van der Waals surface area (Å²) in [7, 11) is -3.93. The highest BCUT2D eigenvalue weighted by atomic mass is 32.2. The van der Waals surface area contributed by atoms with E-state index in [1.807, 2.05) is 0 Å². The molecule has 0 amide bonds. The topological polar surface area (TPSA) is 92.4 Å². The Morgan fingerprint density at radius 3 is 2.74 bits per heavy atom. The minimum absolute atomic E-state index is 0.111. The van der Waals surface area contributed by atoms with Crippen LogP contribution in [-0.4, -0.2) is 38.2 Å². The number of hydrogen-bond acceptors (Lipinski definition) is 5. The predicted molar refractivity (Wildman–Crippen MR) is 75.0 cm³/mol. The fraction of sp³-hybridized carbons (Fsp3) is 0.455. The second-order valence-corrected chi connectivity index (χ2v) is 6.67. The molecule has 0 heterocycles. The molecule has 0 spiro atoms. The average molecular weight is 308 g/mol. The van der Waals surface area contributed by atoms with Gasteiger partial charge in [-0.05, 0) is 24.3 Å². The molecule has 0 aliphatic rings. The summed E-state index contributed by atoms with van der Waals surface area (Å²) in [6, 6.07) is 3.75. The van der Waals surface area contributed by atoms with Gasteiger partial charge in [0.1, 0.15) is 10.7 Å². The van der Waals surface area contributed by atoms with Crippen LogP contribution in [0.5, 0.6) is 0 Å². The first-order chi connectivity index (χ1) is 8.99. The maximum atomic E-state index is 13.5. The summed E-state index contributed by atoms with van der Waals surface area (Å²) in [5.41, 5.74) is 5.37. The smallest absolute Gasteiger partial charge is 0.245 e. The molecule has 0 aromatic heterocycles. The van der Waals surface area contributed by atoms with Crippen LogP contribution in [0.4, 0.5) is 10.1 Å². The lowest BCUT2D eigenvalue weighted by molar-refractivity contribution is 0.296. The molecule has 0 unspecified atom stereocenters. The van der Waals surface area contributed by atoms with Crippen LogP contribution in [0.3, 0.4) is 0 Å². The van der Waals surface area contributed by atoms with Crippen LogP contribution in [0.1, 0.15) is 6.42 Å². The molecule has 1 aromatic carbocycles. The summed E-state index contributed by atoms with van der Waals surface area (Å²) >= 11 is 1.51. The van der Waals surface area contributed by atoms with Crippen LogP contribution in [0, 0.1) is 5.82 Å². The normalized spacial score (nSPS) is 11.7. The van der Waals surface area contributed by atoms with Gasteiger partial charge in [0.25, 0.3) is 0 Å². The molecular formula is C11H17FN2O3S2. The fourth-order valence-corrected chi connectivity index (χ4v) is 3.53. The molecule has 108 valence electrons. The number of hydrogen-bond donors (Lipinski definition) is 3. The third kappa shape index (κ3) is 4.98. The Bertz CT molecular complexity index is 488. The van der Waals surface area contributed by atoms with Gasteiger partial charge in [-0.15, -0.1) is 0 Å². The number of nitrogens with two attached hydrogens (primary N) is 1. The van der Waals surface area contributed by atoms with Crippen LogP contribution < -0.4 is 10.5 Å². The molecule has 0 aliphatic heterocycles. The largest absolute Gasteiger partial charge is 0.398 e. The lowest BCUT2D eigenvalue weighted by Gasteiger charge is -2.09. The fourth-order valence-electron chi connectivity index (χ4n) is 1.40. The summed E-state index contributed by atoms with van der Waals surface area (Å²) in [6.07, 6.45) is 0.664. The van der Waals surface area contributed by atoms with E-state index in [9.17, 15) is 12.8 Å². The Morgan fingerprint density at radius 2 is 2.11 bits per heavy atom. The molecule has 5 nitrogen and oxygen atoms in total. The molecule has 0 atom stereocenters. The minimum atomic E-state index is -3.93. The van der Waals surface area contributed by atoms with Gasteiger partial charge >= 0.3 is 0 Å². The summed E-state index contributed by atoms with van der Waals surface area (Å²) < 4.78 is 39.6. The highest BCUT2D eigenvalue weighted by molar-refractivity contribution is 7.99. The summed E-state index contributed by atoms with van der Waals surface area (Å²) in [6.45, 7) is 0.302. The van der Waals surface area contributed by atoms with Gasteiger partial charge < -0.3 is 10.8 Å². The van der Waals surface area contributed by atoms with Crippen molar-refractivity contribution in [1.29, 1.82) is 0 Å². The Labute approximate surface area is 116 Å². The summed E-state index contributed by atoms with van der Waals surface area (Å²) in [5.74, 6) is 0.439. The first-order valence-electron chi connectivity index (χ1n) is 5.71. The third-order valence-corrected chi connectivity index (χ3v) is 4.87. The van der Waals surface area contributed by atoms with Crippen molar-refractivity contribution in [3.63, 3.8) is 0 Å². The Balaban J connectivity index is 2.57. The molecular weight excluding hydrogens is 291 g/mol. The molecule has 0 radical (unpaired) electrons. The minimum Gasteiger partial charge on any atom is -0.398 e. The van der Waals surface area contributed by atoms with Gasteiger partial charge in [-0.3, -0.25) is 0 Å². The van der Waals surface area contributed by atoms with Gasteiger partial charge in [0, 0.05) is 18.9 Å². The number of aliphatic hydroxyl groups is 1. The van der Waals surface area contributed by atoms with Crippen molar-refractivity contribution in [3.05, 3.63) is 24.0 Å². The van der Waals surface area contributed by atoms with E-state index in [0.717, 1.165) is 11.8 Å². The van der Waals surface area contributed by atoms with E-state index in [0.29, 0.717) is 12.2 Å². The summed E-state index contributed by atoms with van der Waals surface area (Å²) in [5, 5.41) is 8.58. The van der Waals surface area contributed by atoms with E-state index < -0.39 is 20.7 Å². The van der Waals surface area contributed by atoms with E-state index in [1.54, 1.807) is 0 Å². The number of benzene rings is 1. The van der Waals surface area contributed by atoms with Gasteiger partial charge in [0.05, 0.1) is 5.69 Å². The van der Waals surface area contributed by atoms with Gasteiger partial charge in [0.15, 0.2) is 0 Å². The number of anilines is 1. The van der Waals surface area contributed by atoms with Crippen LogP contribution in [0.25, 0.3) is 0 Å². The molecule has 0 aliphatic carbocycles. The van der Waals surface area contributed by atoms with Gasteiger partial charge in [0.2, 0.25) is 10.0 Å². The standard InChI is InChI=1S/C11H17FN2O3S2/c12-9-3-1-4-10(13)11(9)19(16,17)14-5-8-18-7-2-6-15/h1,3-4,14-15H,2,5-8,13H2. The van der Waals surface area contributed by atoms with E-state index in [2.05, 4.69) is 4.72 Å². The zero-order valence-electron chi connectivity index (χ0n) is 10.3. The average Bonchev–Trinajstić information content (AvgIpc) is 2.33. The molecule has 0 saturated carbocycles. The lowest BCUT2D eigenvalue weighted by Crippen LogP contribution is -2.27. The third-order valence-electron chi connectivity index (χ3n) is 2.25. The highest BCUT2D eigenvalue weighted by Crippen LogP contribution is 2.21.